The third-order valence-electron chi connectivity index (χ3n) is 3.93. The van der Waals surface area contributed by atoms with Crippen LogP contribution in [0.25, 0.3) is 0 Å². The van der Waals surface area contributed by atoms with Crippen LogP contribution < -0.4 is 0 Å². The monoisotopic (exact) mass is 226 g/mol. The van der Waals surface area contributed by atoms with Crippen LogP contribution in [0.5, 0.6) is 0 Å². The lowest BCUT2D eigenvalue weighted by molar-refractivity contribution is -0.146. The van der Waals surface area contributed by atoms with E-state index in [2.05, 4.69) is 6.92 Å². The molecule has 1 N–H and O–H groups in total. The van der Waals surface area contributed by atoms with Gasteiger partial charge in [0.1, 0.15) is 5.78 Å². The number of carbonyl (C=O) groups is 2. The van der Waals surface area contributed by atoms with E-state index in [4.69, 9.17) is 5.11 Å². The van der Waals surface area contributed by atoms with Crippen molar-refractivity contribution in [3.63, 3.8) is 0 Å². The Morgan fingerprint density at radius 3 is 2.19 bits per heavy atom. The smallest absolute Gasteiger partial charge is 0.306 e. The second-order valence-corrected chi connectivity index (χ2v) is 4.92. The normalized spacial score (nSPS) is 30.0. The number of hydrogen-bond acceptors (Lipinski definition) is 2. The molecule has 0 unspecified atom stereocenters. The van der Waals surface area contributed by atoms with Crippen molar-refractivity contribution in [2.45, 2.75) is 58.8 Å². The first-order valence-corrected chi connectivity index (χ1v) is 6.32. The molecule has 0 amide bonds. The molecule has 1 aliphatic carbocycles. The van der Waals surface area contributed by atoms with Gasteiger partial charge in [-0.25, -0.2) is 0 Å². The Hall–Kier alpha value is -0.860. The molecule has 16 heavy (non-hydrogen) atoms. The summed E-state index contributed by atoms with van der Waals surface area (Å²) in [6.45, 7) is 4.00. The van der Waals surface area contributed by atoms with Gasteiger partial charge in [0.15, 0.2) is 0 Å². The van der Waals surface area contributed by atoms with Gasteiger partial charge < -0.3 is 5.11 Å². The molecular formula is C13H22O3. The quantitative estimate of drug-likeness (QED) is 0.784. The van der Waals surface area contributed by atoms with Crippen molar-refractivity contribution in [1.82, 2.24) is 0 Å². The highest BCUT2D eigenvalue weighted by molar-refractivity contribution is 5.85. The summed E-state index contributed by atoms with van der Waals surface area (Å²) in [7, 11) is 0. The number of Topliss-reactive ketones (excluding diaryl/α,β-unsaturated/α-hetero) is 1. The Labute approximate surface area is 97.2 Å². The maximum absolute atomic E-state index is 12.0. The summed E-state index contributed by atoms with van der Waals surface area (Å²) in [5.74, 6) is -0.595. The molecule has 0 saturated heterocycles. The van der Waals surface area contributed by atoms with E-state index in [0.29, 0.717) is 25.0 Å². The van der Waals surface area contributed by atoms with Gasteiger partial charge in [0, 0.05) is 11.8 Å². The van der Waals surface area contributed by atoms with E-state index in [1.54, 1.807) is 0 Å². The zero-order valence-electron chi connectivity index (χ0n) is 10.3. The largest absolute Gasteiger partial charge is 0.481 e. The standard InChI is InChI=1S/C13H22O3/c1-3-7-13(11(14)4-2)8-5-10(6-9-13)12(15)16/h10H,3-9H2,1-2H3,(H,15,16)/t10-,13-. The minimum absolute atomic E-state index is 0.199. The van der Waals surface area contributed by atoms with Crippen LogP contribution in [0.1, 0.15) is 58.8 Å². The lowest BCUT2D eigenvalue weighted by atomic mass is 9.65. The zero-order chi connectivity index (χ0) is 12.2. The third kappa shape index (κ3) is 2.63. The van der Waals surface area contributed by atoms with E-state index in [9.17, 15) is 9.59 Å². The first-order chi connectivity index (χ1) is 7.55. The molecule has 0 atom stereocenters. The van der Waals surface area contributed by atoms with Crippen molar-refractivity contribution in [3.8, 4) is 0 Å². The van der Waals surface area contributed by atoms with Crippen molar-refractivity contribution in [1.29, 1.82) is 0 Å². The Kier molecular flexibility index (Phi) is 4.51. The van der Waals surface area contributed by atoms with Gasteiger partial charge in [-0.1, -0.05) is 20.3 Å². The van der Waals surface area contributed by atoms with Gasteiger partial charge in [-0.05, 0) is 32.1 Å². The van der Waals surface area contributed by atoms with E-state index in [1.165, 1.54) is 0 Å². The second kappa shape index (κ2) is 5.46. The van der Waals surface area contributed by atoms with Gasteiger partial charge in [-0.2, -0.15) is 0 Å². The average molecular weight is 226 g/mol. The number of carboxylic acid groups (broad SMARTS) is 1. The minimum Gasteiger partial charge on any atom is -0.481 e. The highest BCUT2D eigenvalue weighted by atomic mass is 16.4. The summed E-state index contributed by atoms with van der Waals surface area (Å²) in [6.07, 6.45) is 5.38. The van der Waals surface area contributed by atoms with Gasteiger partial charge in [0.2, 0.25) is 0 Å². The molecule has 0 heterocycles. The molecule has 0 spiro atoms. The van der Waals surface area contributed by atoms with E-state index < -0.39 is 5.97 Å². The average Bonchev–Trinajstić information content (AvgIpc) is 2.29. The Bertz CT molecular complexity index is 262. The maximum Gasteiger partial charge on any atom is 0.306 e. The SMILES string of the molecule is CCC[C@]1(C(=O)CC)CC[C@H](C(=O)O)CC1. The van der Waals surface area contributed by atoms with E-state index in [1.807, 2.05) is 6.92 Å². The fourth-order valence-electron chi connectivity index (χ4n) is 2.94. The fourth-order valence-corrected chi connectivity index (χ4v) is 2.94. The van der Waals surface area contributed by atoms with Crippen LogP contribution in [0, 0.1) is 11.3 Å². The first kappa shape index (κ1) is 13.2. The van der Waals surface area contributed by atoms with Crippen molar-refractivity contribution in [2.75, 3.05) is 0 Å². The lowest BCUT2D eigenvalue weighted by Crippen LogP contribution is -2.36. The van der Waals surface area contributed by atoms with Crippen LogP contribution in [-0.4, -0.2) is 16.9 Å². The fraction of sp³-hybridized carbons (Fsp3) is 0.846. The van der Waals surface area contributed by atoms with Gasteiger partial charge >= 0.3 is 5.97 Å². The van der Waals surface area contributed by atoms with Crippen LogP contribution in [0.3, 0.4) is 0 Å². The first-order valence-electron chi connectivity index (χ1n) is 6.32. The Balaban J connectivity index is 2.69. The van der Waals surface area contributed by atoms with Crippen LogP contribution in [-0.2, 0) is 9.59 Å². The second-order valence-electron chi connectivity index (χ2n) is 4.92. The zero-order valence-corrected chi connectivity index (χ0v) is 10.3. The van der Waals surface area contributed by atoms with Gasteiger partial charge in [0.05, 0.1) is 5.92 Å². The molecule has 0 bridgehead atoms. The van der Waals surface area contributed by atoms with Crippen molar-refractivity contribution in [2.24, 2.45) is 11.3 Å². The molecule has 1 aliphatic rings. The van der Waals surface area contributed by atoms with Gasteiger partial charge in [0.25, 0.3) is 0 Å². The van der Waals surface area contributed by atoms with Crippen LogP contribution in [0.4, 0.5) is 0 Å². The predicted octanol–water partition coefficient (Wildman–Crippen LogP) is 3.03. The highest BCUT2D eigenvalue weighted by Crippen LogP contribution is 2.43. The van der Waals surface area contributed by atoms with Gasteiger partial charge in [-0.3, -0.25) is 9.59 Å². The summed E-state index contributed by atoms with van der Waals surface area (Å²) >= 11 is 0. The summed E-state index contributed by atoms with van der Waals surface area (Å²) in [5, 5.41) is 8.95. The Morgan fingerprint density at radius 2 is 1.81 bits per heavy atom. The number of carbonyl (C=O) groups excluding carboxylic acids is 1. The molecule has 0 aromatic rings. The Morgan fingerprint density at radius 1 is 1.25 bits per heavy atom. The molecular weight excluding hydrogens is 204 g/mol. The number of rotatable bonds is 5. The number of hydrogen-bond donors (Lipinski definition) is 1. The van der Waals surface area contributed by atoms with Crippen molar-refractivity contribution in [3.05, 3.63) is 0 Å². The molecule has 0 radical (unpaired) electrons. The molecule has 0 aromatic carbocycles. The van der Waals surface area contributed by atoms with Crippen molar-refractivity contribution < 1.29 is 14.7 Å². The van der Waals surface area contributed by atoms with E-state index >= 15 is 0 Å². The molecule has 0 aliphatic heterocycles. The molecule has 92 valence electrons. The molecule has 1 rings (SSSR count). The number of carboxylic acids is 1. The molecule has 1 saturated carbocycles. The van der Waals surface area contributed by atoms with Crippen LogP contribution in [0.2, 0.25) is 0 Å². The maximum atomic E-state index is 12.0. The summed E-state index contributed by atoms with van der Waals surface area (Å²) < 4.78 is 0. The van der Waals surface area contributed by atoms with Crippen LogP contribution in [0.15, 0.2) is 0 Å². The summed E-state index contributed by atoms with van der Waals surface area (Å²) in [5.41, 5.74) is -0.199. The molecule has 3 nitrogen and oxygen atoms in total. The van der Waals surface area contributed by atoms with E-state index in [-0.39, 0.29) is 11.3 Å². The lowest BCUT2D eigenvalue weighted by Gasteiger charge is -2.37. The number of aliphatic carboxylic acids is 1. The van der Waals surface area contributed by atoms with Crippen LogP contribution >= 0.6 is 0 Å². The highest BCUT2D eigenvalue weighted by Gasteiger charge is 2.41. The molecule has 3 heteroatoms. The summed E-state index contributed by atoms with van der Waals surface area (Å²) in [4.78, 5) is 22.9. The third-order valence-corrected chi connectivity index (χ3v) is 3.93. The predicted molar refractivity (Wildman–Crippen MR) is 62.2 cm³/mol. The van der Waals surface area contributed by atoms with Gasteiger partial charge in [-0.15, -0.1) is 0 Å². The topological polar surface area (TPSA) is 54.4 Å². The number of ketones is 1. The van der Waals surface area contributed by atoms with E-state index in [0.717, 1.165) is 25.7 Å². The molecule has 0 aromatic heterocycles. The molecule has 1 fully saturated rings. The van der Waals surface area contributed by atoms with Crippen molar-refractivity contribution >= 4 is 11.8 Å². The summed E-state index contributed by atoms with van der Waals surface area (Å²) in [6, 6.07) is 0. The minimum atomic E-state index is -0.700.